The van der Waals surface area contributed by atoms with E-state index in [0.29, 0.717) is 10.6 Å². The number of hydrogen-bond acceptors (Lipinski definition) is 4. The average molecular weight is 430 g/mol. The fourth-order valence-corrected chi connectivity index (χ4v) is 3.79. The lowest BCUT2D eigenvalue weighted by Crippen LogP contribution is -2.37. The van der Waals surface area contributed by atoms with Crippen molar-refractivity contribution in [1.82, 2.24) is 15.1 Å². The molecule has 2 aromatic carbocycles. The predicted octanol–water partition coefficient (Wildman–Crippen LogP) is 3.98. The monoisotopic (exact) mass is 429 g/mol. The third-order valence-electron chi connectivity index (χ3n) is 5.38. The van der Waals surface area contributed by atoms with Gasteiger partial charge in [-0.05, 0) is 75.3 Å². The third-order valence-corrected chi connectivity index (χ3v) is 5.80. The molecule has 1 amide bonds. The largest absolute Gasteiger partial charge is 0.494 e. The zero-order valence-corrected chi connectivity index (χ0v) is 18.9. The second kappa shape index (κ2) is 10.8. The standard InChI is InChI=1S/C24H32ClN3O2/c1-18-15-20(7-10-23(18)25)24(29)26-21-11-13-28(17-21)16-19-5-8-22(9-6-19)30-14-4-12-27(2)3/h5-10,15,21H,4,11-14,16-17H2,1-3H3,(H,26,29)/t21-/m0/s1. The Kier molecular flexibility index (Phi) is 8.14. The van der Waals surface area contributed by atoms with Gasteiger partial charge < -0.3 is 15.0 Å². The molecule has 1 heterocycles. The first-order valence-corrected chi connectivity index (χ1v) is 10.9. The number of ether oxygens (including phenoxy) is 1. The second-order valence-corrected chi connectivity index (χ2v) is 8.71. The lowest BCUT2D eigenvalue weighted by Gasteiger charge is -2.17. The fraction of sp³-hybridized carbons (Fsp3) is 0.458. The van der Waals surface area contributed by atoms with Crippen molar-refractivity contribution >= 4 is 17.5 Å². The van der Waals surface area contributed by atoms with E-state index < -0.39 is 0 Å². The van der Waals surface area contributed by atoms with Crippen molar-refractivity contribution in [3.8, 4) is 5.75 Å². The van der Waals surface area contributed by atoms with E-state index in [9.17, 15) is 4.79 Å². The second-order valence-electron chi connectivity index (χ2n) is 8.31. The summed E-state index contributed by atoms with van der Waals surface area (Å²) in [4.78, 5) is 17.1. The quantitative estimate of drug-likeness (QED) is 0.612. The lowest BCUT2D eigenvalue weighted by atomic mass is 10.1. The number of carbonyl (C=O) groups is 1. The predicted molar refractivity (Wildman–Crippen MR) is 122 cm³/mol. The molecule has 0 spiro atoms. The summed E-state index contributed by atoms with van der Waals surface area (Å²) in [6.07, 6.45) is 1.98. The lowest BCUT2D eigenvalue weighted by molar-refractivity contribution is 0.0937. The minimum Gasteiger partial charge on any atom is -0.494 e. The van der Waals surface area contributed by atoms with Crippen LogP contribution >= 0.6 is 11.6 Å². The number of carbonyl (C=O) groups excluding carboxylic acids is 1. The summed E-state index contributed by atoms with van der Waals surface area (Å²) >= 11 is 6.06. The SMILES string of the molecule is Cc1cc(C(=O)N[C@H]2CCN(Cc3ccc(OCCCN(C)C)cc3)C2)ccc1Cl. The van der Waals surface area contributed by atoms with Gasteiger partial charge in [0, 0.05) is 42.8 Å². The van der Waals surface area contributed by atoms with E-state index in [1.807, 2.05) is 25.1 Å². The first-order valence-electron chi connectivity index (χ1n) is 10.6. The number of benzene rings is 2. The van der Waals surface area contributed by atoms with Crippen molar-refractivity contribution in [3.05, 3.63) is 64.2 Å². The molecule has 1 aliphatic rings. The van der Waals surface area contributed by atoms with Gasteiger partial charge in [0.05, 0.1) is 6.61 Å². The molecule has 162 valence electrons. The van der Waals surface area contributed by atoms with Gasteiger partial charge in [-0.25, -0.2) is 0 Å². The summed E-state index contributed by atoms with van der Waals surface area (Å²) < 4.78 is 5.80. The molecule has 1 atom stereocenters. The van der Waals surface area contributed by atoms with E-state index in [4.69, 9.17) is 16.3 Å². The van der Waals surface area contributed by atoms with Gasteiger partial charge in [-0.15, -0.1) is 0 Å². The maximum atomic E-state index is 12.5. The first-order chi connectivity index (χ1) is 14.4. The van der Waals surface area contributed by atoms with Crippen LogP contribution in [-0.4, -0.2) is 62.1 Å². The van der Waals surface area contributed by atoms with E-state index in [2.05, 4.69) is 41.3 Å². The number of nitrogens with zero attached hydrogens (tertiary/aromatic N) is 2. The molecule has 2 aromatic rings. The smallest absolute Gasteiger partial charge is 0.251 e. The van der Waals surface area contributed by atoms with E-state index in [1.54, 1.807) is 12.1 Å². The molecule has 0 aliphatic carbocycles. The van der Waals surface area contributed by atoms with Crippen molar-refractivity contribution in [2.45, 2.75) is 32.4 Å². The van der Waals surface area contributed by atoms with Crippen LogP contribution < -0.4 is 10.1 Å². The Bertz CT molecular complexity index is 839. The van der Waals surface area contributed by atoms with Gasteiger partial charge in [0.2, 0.25) is 0 Å². The molecule has 1 saturated heterocycles. The van der Waals surface area contributed by atoms with Crippen LogP contribution in [0, 0.1) is 6.92 Å². The van der Waals surface area contributed by atoms with Crippen LogP contribution in [0.1, 0.15) is 34.3 Å². The van der Waals surface area contributed by atoms with Crippen LogP contribution in [0.3, 0.4) is 0 Å². The molecule has 0 radical (unpaired) electrons. The summed E-state index contributed by atoms with van der Waals surface area (Å²) in [5.74, 6) is 0.889. The molecule has 0 saturated carbocycles. The number of amides is 1. The molecule has 6 heteroatoms. The van der Waals surface area contributed by atoms with E-state index in [1.165, 1.54) is 5.56 Å². The highest BCUT2D eigenvalue weighted by atomic mass is 35.5. The van der Waals surface area contributed by atoms with Gasteiger partial charge in [-0.3, -0.25) is 9.69 Å². The molecule has 1 aliphatic heterocycles. The number of likely N-dealkylation sites (tertiary alicyclic amines) is 1. The van der Waals surface area contributed by atoms with Crippen molar-refractivity contribution in [1.29, 1.82) is 0 Å². The van der Waals surface area contributed by atoms with Crippen molar-refractivity contribution < 1.29 is 9.53 Å². The van der Waals surface area contributed by atoms with E-state index in [0.717, 1.165) is 56.9 Å². The van der Waals surface area contributed by atoms with Gasteiger partial charge in [0.15, 0.2) is 0 Å². The Balaban J connectivity index is 1.43. The molecule has 3 rings (SSSR count). The number of nitrogens with one attached hydrogen (secondary N) is 1. The van der Waals surface area contributed by atoms with Gasteiger partial charge in [0.1, 0.15) is 5.75 Å². The molecule has 1 fully saturated rings. The van der Waals surface area contributed by atoms with Gasteiger partial charge >= 0.3 is 0 Å². The molecule has 5 nitrogen and oxygen atoms in total. The molecule has 0 aromatic heterocycles. The van der Waals surface area contributed by atoms with Crippen LogP contribution in [0.25, 0.3) is 0 Å². The number of hydrogen-bond donors (Lipinski definition) is 1. The maximum absolute atomic E-state index is 12.5. The van der Waals surface area contributed by atoms with E-state index in [-0.39, 0.29) is 11.9 Å². The van der Waals surface area contributed by atoms with E-state index >= 15 is 0 Å². The number of halogens is 1. The summed E-state index contributed by atoms with van der Waals surface area (Å²) in [6.45, 7) is 6.40. The molecule has 30 heavy (non-hydrogen) atoms. The fourth-order valence-electron chi connectivity index (χ4n) is 3.67. The normalized spacial score (nSPS) is 16.8. The summed E-state index contributed by atoms with van der Waals surface area (Å²) in [7, 11) is 4.14. The Morgan fingerprint density at radius 3 is 2.70 bits per heavy atom. The number of rotatable bonds is 9. The minimum absolute atomic E-state index is 0.0302. The summed E-state index contributed by atoms with van der Waals surface area (Å²) in [5.41, 5.74) is 2.84. The molecule has 0 unspecified atom stereocenters. The topological polar surface area (TPSA) is 44.8 Å². The van der Waals surface area contributed by atoms with Crippen molar-refractivity contribution in [2.75, 3.05) is 40.3 Å². The zero-order valence-electron chi connectivity index (χ0n) is 18.2. The van der Waals surface area contributed by atoms with Crippen LogP contribution in [0.4, 0.5) is 0 Å². The molecule has 1 N–H and O–H groups in total. The Morgan fingerprint density at radius 1 is 1.23 bits per heavy atom. The summed E-state index contributed by atoms with van der Waals surface area (Å²) in [6, 6.07) is 13.9. The zero-order chi connectivity index (χ0) is 21.5. The highest BCUT2D eigenvalue weighted by Gasteiger charge is 2.24. The Hall–Kier alpha value is -2.08. The minimum atomic E-state index is -0.0302. The molecular weight excluding hydrogens is 398 g/mol. The Morgan fingerprint density at radius 2 is 2.00 bits per heavy atom. The van der Waals surface area contributed by atoms with Gasteiger partial charge in [0.25, 0.3) is 5.91 Å². The Labute approximate surface area is 185 Å². The first kappa shape index (κ1) is 22.6. The van der Waals surface area contributed by atoms with Gasteiger partial charge in [-0.1, -0.05) is 23.7 Å². The van der Waals surface area contributed by atoms with Crippen LogP contribution in [-0.2, 0) is 6.54 Å². The van der Waals surface area contributed by atoms with Crippen LogP contribution in [0.5, 0.6) is 5.75 Å². The van der Waals surface area contributed by atoms with Crippen molar-refractivity contribution in [2.24, 2.45) is 0 Å². The number of aryl methyl sites for hydroxylation is 1. The van der Waals surface area contributed by atoms with Crippen molar-refractivity contribution in [3.63, 3.8) is 0 Å². The van der Waals surface area contributed by atoms with Gasteiger partial charge in [-0.2, -0.15) is 0 Å². The highest BCUT2D eigenvalue weighted by molar-refractivity contribution is 6.31. The molecular formula is C24H32ClN3O2. The highest BCUT2D eigenvalue weighted by Crippen LogP contribution is 2.19. The van der Waals surface area contributed by atoms with Crippen LogP contribution in [0.2, 0.25) is 5.02 Å². The summed E-state index contributed by atoms with van der Waals surface area (Å²) in [5, 5.41) is 3.84. The van der Waals surface area contributed by atoms with Crippen LogP contribution in [0.15, 0.2) is 42.5 Å². The third kappa shape index (κ3) is 6.73. The average Bonchev–Trinajstić information content (AvgIpc) is 3.15. The molecule has 0 bridgehead atoms. The maximum Gasteiger partial charge on any atom is 0.251 e.